The predicted molar refractivity (Wildman–Crippen MR) is 75.8 cm³/mol. The molecule has 2 N–H and O–H groups in total. The third-order valence-corrected chi connectivity index (χ3v) is 4.28. The van der Waals surface area contributed by atoms with Gasteiger partial charge >= 0.3 is 0 Å². The molecule has 6 heteroatoms. The smallest absolute Gasteiger partial charge is 0.231 e. The number of hydrogen-bond acceptors (Lipinski definition) is 5. The first-order chi connectivity index (χ1) is 9.29. The van der Waals surface area contributed by atoms with Gasteiger partial charge in [-0.15, -0.1) is 0 Å². The van der Waals surface area contributed by atoms with Crippen molar-refractivity contribution in [3.63, 3.8) is 0 Å². The maximum Gasteiger partial charge on any atom is 0.231 e. The number of thioether (sulfide) groups is 1. The molecule has 0 aliphatic carbocycles. The summed E-state index contributed by atoms with van der Waals surface area (Å²) in [6, 6.07) is 3.94. The Morgan fingerprint density at radius 1 is 1.32 bits per heavy atom. The number of nitrogens with two attached hydrogens (primary N) is 1. The van der Waals surface area contributed by atoms with Crippen LogP contribution in [-0.4, -0.2) is 28.6 Å². The standard InChI is InChI=1S/C13H17N3O2S/c1-16-10-7-12-11(17-8-18-12)6-9(10)15-13(16)19-5-3-2-4-14/h6-7H,2-5,8,14H2,1H3. The molecule has 0 unspecified atom stereocenters. The third kappa shape index (κ3) is 2.37. The maximum absolute atomic E-state index is 5.50. The molecule has 1 aromatic carbocycles. The van der Waals surface area contributed by atoms with Crippen molar-refractivity contribution < 1.29 is 9.47 Å². The summed E-state index contributed by atoms with van der Waals surface area (Å²) in [5, 5.41) is 1.02. The second-order valence-electron chi connectivity index (χ2n) is 4.49. The van der Waals surface area contributed by atoms with Gasteiger partial charge in [0.25, 0.3) is 0 Å². The molecular weight excluding hydrogens is 262 g/mol. The minimum absolute atomic E-state index is 0.298. The van der Waals surface area contributed by atoms with E-state index in [9.17, 15) is 0 Å². The molecule has 0 saturated heterocycles. The second-order valence-corrected chi connectivity index (χ2v) is 5.55. The van der Waals surface area contributed by atoms with Crippen molar-refractivity contribution >= 4 is 22.8 Å². The van der Waals surface area contributed by atoms with Crippen molar-refractivity contribution in [2.24, 2.45) is 12.8 Å². The summed E-state index contributed by atoms with van der Waals surface area (Å²) in [6.45, 7) is 1.05. The van der Waals surface area contributed by atoms with Crippen LogP contribution in [0, 0.1) is 0 Å². The van der Waals surface area contributed by atoms with E-state index in [-0.39, 0.29) is 0 Å². The van der Waals surface area contributed by atoms with Crippen LogP contribution in [0.25, 0.3) is 11.0 Å². The fourth-order valence-electron chi connectivity index (χ4n) is 2.10. The van der Waals surface area contributed by atoms with Crippen LogP contribution in [0.5, 0.6) is 11.5 Å². The molecule has 0 saturated carbocycles. The van der Waals surface area contributed by atoms with E-state index in [1.165, 1.54) is 0 Å². The topological polar surface area (TPSA) is 62.3 Å². The Hall–Kier alpha value is -1.40. The summed E-state index contributed by atoms with van der Waals surface area (Å²) in [6.07, 6.45) is 2.18. The number of nitrogens with zero attached hydrogens (tertiary/aromatic N) is 2. The van der Waals surface area contributed by atoms with E-state index in [0.717, 1.165) is 52.8 Å². The van der Waals surface area contributed by atoms with Crippen LogP contribution in [0.15, 0.2) is 17.3 Å². The zero-order valence-electron chi connectivity index (χ0n) is 10.9. The van der Waals surface area contributed by atoms with Crippen molar-refractivity contribution in [3.05, 3.63) is 12.1 Å². The molecule has 3 rings (SSSR count). The molecule has 1 aliphatic rings. The molecule has 19 heavy (non-hydrogen) atoms. The number of aromatic nitrogens is 2. The van der Waals surface area contributed by atoms with Gasteiger partial charge < -0.3 is 19.8 Å². The van der Waals surface area contributed by atoms with Crippen molar-refractivity contribution in [2.45, 2.75) is 18.0 Å². The highest BCUT2D eigenvalue weighted by Gasteiger charge is 2.17. The Kier molecular flexibility index (Phi) is 3.52. The minimum atomic E-state index is 0.298. The van der Waals surface area contributed by atoms with Gasteiger partial charge in [-0.1, -0.05) is 11.8 Å². The first-order valence-corrected chi connectivity index (χ1v) is 7.37. The molecule has 0 bridgehead atoms. The van der Waals surface area contributed by atoms with Crippen LogP contribution in [0.2, 0.25) is 0 Å². The molecule has 2 heterocycles. The van der Waals surface area contributed by atoms with Gasteiger partial charge in [-0.3, -0.25) is 0 Å². The average molecular weight is 279 g/mol. The number of benzene rings is 1. The van der Waals surface area contributed by atoms with E-state index in [2.05, 4.69) is 9.55 Å². The average Bonchev–Trinajstić information content (AvgIpc) is 2.98. The Balaban J connectivity index is 1.84. The first kappa shape index (κ1) is 12.6. The molecule has 0 spiro atoms. The summed E-state index contributed by atoms with van der Waals surface area (Å²) in [5.74, 6) is 2.63. The van der Waals surface area contributed by atoms with Gasteiger partial charge in [-0.2, -0.15) is 0 Å². The maximum atomic E-state index is 5.50. The minimum Gasteiger partial charge on any atom is -0.454 e. The summed E-state index contributed by atoms with van der Waals surface area (Å²) in [5.41, 5.74) is 7.52. The second kappa shape index (κ2) is 5.30. The number of hydrogen-bond donors (Lipinski definition) is 1. The van der Waals surface area contributed by atoms with E-state index in [0.29, 0.717) is 6.79 Å². The van der Waals surface area contributed by atoms with Gasteiger partial charge in [0, 0.05) is 24.9 Å². The lowest BCUT2D eigenvalue weighted by molar-refractivity contribution is 0.174. The molecule has 5 nitrogen and oxygen atoms in total. The van der Waals surface area contributed by atoms with Gasteiger partial charge in [0.2, 0.25) is 6.79 Å². The molecule has 2 aromatic rings. The SMILES string of the molecule is Cn1c(SCCCCN)nc2cc3c(cc21)OCO3. The lowest BCUT2D eigenvalue weighted by atomic mass is 10.3. The number of rotatable bonds is 5. The van der Waals surface area contributed by atoms with Crippen LogP contribution in [0.4, 0.5) is 0 Å². The highest BCUT2D eigenvalue weighted by molar-refractivity contribution is 7.99. The Morgan fingerprint density at radius 2 is 2.11 bits per heavy atom. The molecule has 1 aliphatic heterocycles. The zero-order chi connectivity index (χ0) is 13.2. The van der Waals surface area contributed by atoms with Gasteiger partial charge in [-0.25, -0.2) is 4.98 Å². The largest absolute Gasteiger partial charge is 0.454 e. The fourth-order valence-corrected chi connectivity index (χ4v) is 3.08. The number of unbranched alkanes of at least 4 members (excludes halogenated alkanes) is 1. The predicted octanol–water partition coefficient (Wildman–Crippen LogP) is 2.13. The van der Waals surface area contributed by atoms with Crippen molar-refractivity contribution in [2.75, 3.05) is 19.1 Å². The van der Waals surface area contributed by atoms with Gasteiger partial charge in [-0.05, 0) is 19.4 Å². The number of aryl methyl sites for hydroxylation is 1. The van der Waals surface area contributed by atoms with E-state index < -0.39 is 0 Å². The van der Waals surface area contributed by atoms with Crippen LogP contribution >= 0.6 is 11.8 Å². The van der Waals surface area contributed by atoms with Crippen LogP contribution < -0.4 is 15.2 Å². The van der Waals surface area contributed by atoms with Crippen molar-refractivity contribution in [3.8, 4) is 11.5 Å². The van der Waals surface area contributed by atoms with Crippen molar-refractivity contribution in [1.29, 1.82) is 0 Å². The molecule has 0 atom stereocenters. The Bertz CT molecular complexity index is 597. The molecule has 0 radical (unpaired) electrons. The van der Waals surface area contributed by atoms with E-state index in [1.807, 2.05) is 19.2 Å². The van der Waals surface area contributed by atoms with Gasteiger partial charge in [0.05, 0.1) is 11.0 Å². The quantitative estimate of drug-likeness (QED) is 0.671. The highest BCUT2D eigenvalue weighted by Crippen LogP contribution is 2.37. The molecular formula is C13H17N3O2S. The van der Waals surface area contributed by atoms with Crippen LogP contribution in [0.1, 0.15) is 12.8 Å². The number of imidazole rings is 1. The Labute approximate surface area is 116 Å². The molecule has 0 amide bonds. The monoisotopic (exact) mass is 279 g/mol. The number of ether oxygens (including phenoxy) is 2. The molecule has 1 aromatic heterocycles. The van der Waals surface area contributed by atoms with Crippen LogP contribution in [0.3, 0.4) is 0 Å². The summed E-state index contributed by atoms with van der Waals surface area (Å²) < 4.78 is 12.9. The van der Waals surface area contributed by atoms with Crippen LogP contribution in [-0.2, 0) is 7.05 Å². The summed E-state index contributed by atoms with van der Waals surface area (Å²) in [7, 11) is 2.03. The highest BCUT2D eigenvalue weighted by atomic mass is 32.2. The van der Waals surface area contributed by atoms with Gasteiger partial charge in [0.15, 0.2) is 16.7 Å². The lowest BCUT2D eigenvalue weighted by Gasteiger charge is -2.02. The van der Waals surface area contributed by atoms with Gasteiger partial charge in [0.1, 0.15) is 0 Å². The van der Waals surface area contributed by atoms with E-state index in [1.54, 1.807) is 11.8 Å². The molecule has 102 valence electrons. The van der Waals surface area contributed by atoms with E-state index >= 15 is 0 Å². The number of fused-ring (bicyclic) bond motifs is 2. The first-order valence-electron chi connectivity index (χ1n) is 6.38. The zero-order valence-corrected chi connectivity index (χ0v) is 11.7. The normalized spacial score (nSPS) is 13.4. The lowest BCUT2D eigenvalue weighted by Crippen LogP contribution is -1.99. The summed E-state index contributed by atoms with van der Waals surface area (Å²) in [4.78, 5) is 4.65. The third-order valence-electron chi connectivity index (χ3n) is 3.16. The fraction of sp³-hybridized carbons (Fsp3) is 0.462. The van der Waals surface area contributed by atoms with E-state index in [4.69, 9.17) is 15.2 Å². The summed E-state index contributed by atoms with van der Waals surface area (Å²) >= 11 is 1.76. The molecule has 0 fully saturated rings. The Morgan fingerprint density at radius 3 is 2.89 bits per heavy atom. The van der Waals surface area contributed by atoms with Crippen molar-refractivity contribution in [1.82, 2.24) is 9.55 Å².